The molecule has 1 heterocycles. The highest BCUT2D eigenvalue weighted by atomic mass is 16.2. The zero-order valence-corrected chi connectivity index (χ0v) is 8.49. The summed E-state index contributed by atoms with van der Waals surface area (Å²) < 4.78 is 0. The second-order valence-electron chi connectivity index (χ2n) is 3.55. The number of hydrogen-bond donors (Lipinski definition) is 2. The number of amides is 3. The van der Waals surface area contributed by atoms with E-state index < -0.39 is 11.8 Å². The number of imide groups is 1. The average molecular weight is 200 g/mol. The summed E-state index contributed by atoms with van der Waals surface area (Å²) in [6.45, 7) is 2.31. The van der Waals surface area contributed by atoms with Crippen LogP contribution in [0.15, 0.2) is 0 Å². The topological polar surface area (TPSA) is 92.7 Å². The molecule has 0 radical (unpaired) electrons. The summed E-state index contributed by atoms with van der Waals surface area (Å²) in [6, 6.07) is -0.423. The van der Waals surface area contributed by atoms with Crippen LogP contribution in [0.3, 0.4) is 0 Å². The molecule has 0 aliphatic carbocycles. The first-order valence-electron chi connectivity index (χ1n) is 4.56. The quantitative estimate of drug-likeness (QED) is 0.574. The molecule has 1 aliphatic heterocycles. The Hall–Kier alpha value is -1.14. The lowest BCUT2D eigenvalue weighted by atomic mass is 10.1. The van der Waals surface area contributed by atoms with Crippen molar-refractivity contribution in [2.24, 2.45) is 11.5 Å². The summed E-state index contributed by atoms with van der Waals surface area (Å²) in [7, 11) is 1.50. The van der Waals surface area contributed by atoms with Gasteiger partial charge in [0.15, 0.2) is 5.79 Å². The van der Waals surface area contributed by atoms with Gasteiger partial charge in [-0.2, -0.15) is 0 Å². The number of hydrogen-bond acceptors (Lipinski definition) is 4. The number of carbonyl (C=O) groups excluding carboxylic acids is 2. The third-order valence-corrected chi connectivity index (χ3v) is 2.32. The fourth-order valence-corrected chi connectivity index (χ4v) is 1.37. The predicted octanol–water partition coefficient (Wildman–Crippen LogP) is -0.748. The Labute approximate surface area is 82.8 Å². The van der Waals surface area contributed by atoms with Crippen molar-refractivity contribution in [2.75, 3.05) is 13.6 Å². The van der Waals surface area contributed by atoms with E-state index in [9.17, 15) is 9.59 Å². The van der Waals surface area contributed by atoms with Crippen molar-refractivity contribution >= 4 is 11.9 Å². The van der Waals surface area contributed by atoms with Crippen molar-refractivity contribution in [3.8, 4) is 0 Å². The molecule has 1 saturated heterocycles. The summed E-state index contributed by atoms with van der Waals surface area (Å²) >= 11 is 0. The Morgan fingerprint density at radius 2 is 2.00 bits per heavy atom. The number of urea groups is 1. The van der Waals surface area contributed by atoms with Gasteiger partial charge in [-0.1, -0.05) is 6.92 Å². The zero-order valence-electron chi connectivity index (χ0n) is 8.49. The van der Waals surface area contributed by atoms with Gasteiger partial charge in [-0.15, -0.1) is 0 Å². The number of carbonyl (C=O) groups is 2. The van der Waals surface area contributed by atoms with Gasteiger partial charge in [0.25, 0.3) is 0 Å². The molecule has 14 heavy (non-hydrogen) atoms. The average Bonchev–Trinajstić information content (AvgIpc) is 2.08. The maximum Gasteiger partial charge on any atom is 0.328 e. The van der Waals surface area contributed by atoms with Gasteiger partial charge < -0.3 is 0 Å². The van der Waals surface area contributed by atoms with Crippen molar-refractivity contribution in [3.05, 3.63) is 0 Å². The molecule has 0 aromatic carbocycles. The van der Waals surface area contributed by atoms with Crippen LogP contribution in [0.4, 0.5) is 4.79 Å². The molecule has 0 unspecified atom stereocenters. The van der Waals surface area contributed by atoms with Crippen LogP contribution in [-0.2, 0) is 4.79 Å². The van der Waals surface area contributed by atoms with E-state index in [1.165, 1.54) is 16.8 Å². The van der Waals surface area contributed by atoms with Crippen molar-refractivity contribution < 1.29 is 9.59 Å². The van der Waals surface area contributed by atoms with E-state index in [2.05, 4.69) is 0 Å². The second kappa shape index (κ2) is 3.55. The highest BCUT2D eigenvalue weighted by Gasteiger charge is 2.42. The molecule has 0 spiro atoms. The number of nitrogens with two attached hydrogens (primary N) is 2. The third kappa shape index (κ3) is 1.71. The summed E-state index contributed by atoms with van der Waals surface area (Å²) in [4.78, 5) is 25.5. The molecule has 0 saturated carbocycles. The smallest absolute Gasteiger partial charge is 0.296 e. The zero-order chi connectivity index (χ0) is 10.9. The van der Waals surface area contributed by atoms with E-state index in [0.29, 0.717) is 6.54 Å². The highest BCUT2D eigenvalue weighted by Crippen LogP contribution is 2.17. The summed E-state index contributed by atoms with van der Waals surface area (Å²) in [5.41, 5.74) is 11.2. The standard InChI is InChI=1S/C8H16N4O2/c1-3-4-12-6(13)5-8(9,10)11(2)7(12)14/h3-5,9-10H2,1-2H3. The van der Waals surface area contributed by atoms with E-state index in [-0.39, 0.29) is 12.3 Å². The molecule has 4 N–H and O–H groups in total. The van der Waals surface area contributed by atoms with Crippen molar-refractivity contribution in [3.63, 3.8) is 0 Å². The molecule has 0 atom stereocenters. The van der Waals surface area contributed by atoms with Gasteiger partial charge in [-0.05, 0) is 6.42 Å². The lowest BCUT2D eigenvalue weighted by Crippen LogP contribution is -2.71. The molecule has 0 bridgehead atoms. The summed E-state index contributed by atoms with van der Waals surface area (Å²) in [5, 5.41) is 0. The van der Waals surface area contributed by atoms with E-state index in [1.807, 2.05) is 6.92 Å². The van der Waals surface area contributed by atoms with Crippen LogP contribution in [0.5, 0.6) is 0 Å². The molecule has 1 rings (SSSR count). The van der Waals surface area contributed by atoms with Gasteiger partial charge in [0.1, 0.15) is 0 Å². The largest absolute Gasteiger partial charge is 0.328 e. The van der Waals surface area contributed by atoms with Crippen LogP contribution in [0.2, 0.25) is 0 Å². The van der Waals surface area contributed by atoms with Gasteiger partial charge in [0.2, 0.25) is 5.91 Å². The first kappa shape index (κ1) is 10.9. The van der Waals surface area contributed by atoms with Gasteiger partial charge in [0, 0.05) is 13.6 Å². The minimum atomic E-state index is -1.35. The molecule has 6 nitrogen and oxygen atoms in total. The molecule has 80 valence electrons. The monoisotopic (exact) mass is 200 g/mol. The molecule has 0 aromatic rings. The first-order chi connectivity index (χ1) is 6.40. The van der Waals surface area contributed by atoms with Crippen LogP contribution < -0.4 is 11.5 Å². The predicted molar refractivity (Wildman–Crippen MR) is 50.9 cm³/mol. The molecule has 1 aliphatic rings. The fourth-order valence-electron chi connectivity index (χ4n) is 1.37. The van der Waals surface area contributed by atoms with Crippen molar-refractivity contribution in [2.45, 2.75) is 25.6 Å². The molecule has 1 fully saturated rings. The minimum absolute atomic E-state index is 0.0325. The highest BCUT2D eigenvalue weighted by molar-refractivity contribution is 5.97. The third-order valence-electron chi connectivity index (χ3n) is 2.32. The Morgan fingerprint density at radius 1 is 1.43 bits per heavy atom. The lowest BCUT2D eigenvalue weighted by Gasteiger charge is -2.42. The minimum Gasteiger partial charge on any atom is -0.296 e. The van der Waals surface area contributed by atoms with Gasteiger partial charge in [-0.25, -0.2) is 4.79 Å². The Bertz CT molecular complexity index is 264. The SMILES string of the molecule is CCCN1C(=O)CC(N)(N)N(C)C1=O. The Morgan fingerprint density at radius 3 is 2.50 bits per heavy atom. The molecular weight excluding hydrogens is 184 g/mol. The van der Waals surface area contributed by atoms with E-state index in [1.54, 1.807) is 0 Å². The number of rotatable bonds is 2. The maximum atomic E-state index is 11.6. The van der Waals surface area contributed by atoms with Crippen LogP contribution in [0, 0.1) is 0 Å². The summed E-state index contributed by atoms with van der Waals surface area (Å²) in [5.74, 6) is -1.65. The Kier molecular flexibility index (Phi) is 2.77. The molecular formula is C8H16N4O2. The van der Waals surface area contributed by atoms with Crippen LogP contribution in [-0.4, -0.2) is 41.1 Å². The maximum absolute atomic E-state index is 11.6. The normalized spacial score (nSPS) is 21.7. The molecule has 0 aromatic heterocycles. The molecule has 6 heteroatoms. The summed E-state index contributed by atoms with van der Waals surface area (Å²) in [6.07, 6.45) is 0.697. The van der Waals surface area contributed by atoms with Gasteiger partial charge in [-0.3, -0.25) is 26.1 Å². The van der Waals surface area contributed by atoms with Gasteiger partial charge >= 0.3 is 6.03 Å². The van der Waals surface area contributed by atoms with E-state index in [0.717, 1.165) is 6.42 Å². The van der Waals surface area contributed by atoms with E-state index in [4.69, 9.17) is 11.5 Å². The lowest BCUT2D eigenvalue weighted by molar-refractivity contribution is -0.135. The van der Waals surface area contributed by atoms with Gasteiger partial charge in [0.05, 0.1) is 6.42 Å². The Balaban J connectivity index is 2.85. The number of nitrogens with zero attached hydrogens (tertiary/aromatic N) is 2. The van der Waals surface area contributed by atoms with E-state index >= 15 is 0 Å². The second-order valence-corrected chi connectivity index (χ2v) is 3.55. The van der Waals surface area contributed by atoms with Crippen LogP contribution >= 0.6 is 0 Å². The van der Waals surface area contributed by atoms with Crippen LogP contribution in [0.1, 0.15) is 19.8 Å². The first-order valence-corrected chi connectivity index (χ1v) is 4.56. The van der Waals surface area contributed by atoms with Crippen molar-refractivity contribution in [1.29, 1.82) is 0 Å². The molecule has 3 amide bonds. The van der Waals surface area contributed by atoms with Crippen LogP contribution in [0.25, 0.3) is 0 Å². The van der Waals surface area contributed by atoms with Crippen molar-refractivity contribution in [1.82, 2.24) is 9.80 Å². The fraction of sp³-hybridized carbons (Fsp3) is 0.750.